The highest BCUT2D eigenvalue weighted by atomic mass is 127. The van der Waals surface area contributed by atoms with Crippen molar-refractivity contribution in [3.05, 3.63) is 26.8 Å². The molecule has 2 rings (SSSR count). The first-order valence-corrected chi connectivity index (χ1v) is 6.61. The van der Waals surface area contributed by atoms with Crippen molar-refractivity contribution < 1.29 is 9.59 Å². The number of hydrogen-bond acceptors (Lipinski definition) is 2. The second-order valence-electron chi connectivity index (χ2n) is 4.69. The monoisotopic (exact) mass is 363 g/mol. The van der Waals surface area contributed by atoms with Gasteiger partial charge in [-0.1, -0.05) is 25.4 Å². The summed E-state index contributed by atoms with van der Waals surface area (Å²) in [6.07, 6.45) is 0.255. The molecule has 0 spiro atoms. The molecule has 1 aromatic carbocycles. The second-order valence-corrected chi connectivity index (χ2v) is 6.29. The maximum atomic E-state index is 12.1. The largest absolute Gasteiger partial charge is 0.274 e. The van der Waals surface area contributed by atoms with E-state index in [1.807, 2.05) is 0 Å². The van der Waals surface area contributed by atoms with E-state index in [0.717, 1.165) is 3.57 Å². The number of halogens is 2. The molecule has 0 bridgehead atoms. The smallest absolute Gasteiger partial charge is 0.239 e. The van der Waals surface area contributed by atoms with E-state index in [4.69, 9.17) is 11.6 Å². The Kier molecular flexibility index (Phi) is 3.20. The summed E-state index contributed by atoms with van der Waals surface area (Å²) in [6.45, 7) is 3.58. The molecule has 1 heterocycles. The van der Waals surface area contributed by atoms with Crippen molar-refractivity contribution in [1.29, 1.82) is 0 Å². The van der Waals surface area contributed by atoms with Crippen LogP contribution in [0.25, 0.3) is 0 Å². The van der Waals surface area contributed by atoms with E-state index in [0.29, 0.717) is 10.7 Å². The van der Waals surface area contributed by atoms with Gasteiger partial charge >= 0.3 is 0 Å². The number of anilines is 1. The van der Waals surface area contributed by atoms with Crippen molar-refractivity contribution >= 4 is 51.7 Å². The third-order valence-corrected chi connectivity index (χ3v) is 3.87. The van der Waals surface area contributed by atoms with Gasteiger partial charge in [0.05, 0.1) is 11.1 Å². The molecule has 0 atom stereocenters. The molecule has 5 heteroatoms. The van der Waals surface area contributed by atoms with Gasteiger partial charge < -0.3 is 0 Å². The first-order valence-electron chi connectivity index (χ1n) is 5.15. The van der Waals surface area contributed by atoms with Crippen LogP contribution < -0.4 is 4.90 Å². The lowest BCUT2D eigenvalue weighted by molar-refractivity contribution is -0.124. The zero-order valence-corrected chi connectivity index (χ0v) is 12.4. The number of hydrogen-bond donors (Lipinski definition) is 0. The number of carbonyl (C=O) groups is 2. The Bertz CT molecular complexity index is 513. The van der Waals surface area contributed by atoms with Gasteiger partial charge in [-0.15, -0.1) is 0 Å². The Morgan fingerprint density at radius 3 is 2.47 bits per heavy atom. The van der Waals surface area contributed by atoms with Crippen LogP contribution in [0.15, 0.2) is 18.2 Å². The Morgan fingerprint density at radius 1 is 1.35 bits per heavy atom. The summed E-state index contributed by atoms with van der Waals surface area (Å²) >= 11 is 7.94. The number of imide groups is 1. The van der Waals surface area contributed by atoms with Crippen molar-refractivity contribution in [3.63, 3.8) is 0 Å². The molecule has 2 amide bonds. The van der Waals surface area contributed by atoms with Gasteiger partial charge in [0.2, 0.25) is 11.8 Å². The standard InChI is InChI=1S/C12H11ClINO2/c1-12(2)6-10(16)15(11(12)17)9-4-3-7(13)5-8(9)14/h3-5H,6H2,1-2H3. The predicted molar refractivity (Wildman–Crippen MR) is 75.1 cm³/mol. The van der Waals surface area contributed by atoms with Gasteiger partial charge in [-0.25, -0.2) is 4.90 Å². The van der Waals surface area contributed by atoms with Crippen LogP contribution in [-0.2, 0) is 9.59 Å². The summed E-state index contributed by atoms with van der Waals surface area (Å²) in [6, 6.07) is 5.13. The van der Waals surface area contributed by atoms with Crippen molar-refractivity contribution in [2.24, 2.45) is 5.41 Å². The van der Waals surface area contributed by atoms with E-state index in [9.17, 15) is 9.59 Å². The fourth-order valence-electron chi connectivity index (χ4n) is 1.86. The van der Waals surface area contributed by atoms with E-state index in [-0.39, 0.29) is 18.2 Å². The van der Waals surface area contributed by atoms with E-state index < -0.39 is 5.41 Å². The van der Waals surface area contributed by atoms with Gasteiger partial charge in [0.25, 0.3) is 0 Å². The average Bonchev–Trinajstić information content (AvgIpc) is 2.39. The molecule has 0 aliphatic carbocycles. The molecule has 3 nitrogen and oxygen atoms in total. The highest BCUT2D eigenvalue weighted by Gasteiger charge is 2.45. The molecular weight excluding hydrogens is 352 g/mol. The topological polar surface area (TPSA) is 37.4 Å². The lowest BCUT2D eigenvalue weighted by atomic mass is 9.92. The third-order valence-electron chi connectivity index (χ3n) is 2.78. The molecule has 0 unspecified atom stereocenters. The first-order chi connectivity index (χ1) is 7.83. The lowest BCUT2D eigenvalue weighted by Gasteiger charge is -2.19. The van der Waals surface area contributed by atoms with Gasteiger partial charge in [-0.3, -0.25) is 9.59 Å². The maximum Gasteiger partial charge on any atom is 0.239 e. The Balaban J connectivity index is 2.48. The zero-order valence-electron chi connectivity index (χ0n) is 9.46. The molecule has 1 saturated heterocycles. The summed E-state index contributed by atoms with van der Waals surface area (Å²) in [5.74, 6) is -0.303. The molecule has 17 heavy (non-hydrogen) atoms. The fourth-order valence-corrected chi connectivity index (χ4v) is 2.97. The van der Waals surface area contributed by atoms with Crippen molar-refractivity contribution in [2.75, 3.05) is 4.90 Å². The molecule has 0 radical (unpaired) electrons. The van der Waals surface area contributed by atoms with Crippen LogP contribution in [0.5, 0.6) is 0 Å². The number of nitrogens with zero attached hydrogens (tertiary/aromatic N) is 1. The first kappa shape index (κ1) is 12.8. The van der Waals surface area contributed by atoms with Crippen molar-refractivity contribution in [3.8, 4) is 0 Å². The minimum Gasteiger partial charge on any atom is -0.274 e. The van der Waals surface area contributed by atoms with Crippen LogP contribution in [0.2, 0.25) is 5.02 Å². The Morgan fingerprint density at radius 2 is 2.00 bits per heavy atom. The highest BCUT2D eigenvalue weighted by Crippen LogP contribution is 2.37. The minimum atomic E-state index is -0.611. The minimum absolute atomic E-state index is 0.150. The molecule has 0 N–H and O–H groups in total. The number of rotatable bonds is 1. The molecule has 90 valence electrons. The average molecular weight is 364 g/mol. The molecule has 1 aliphatic heterocycles. The van der Waals surface area contributed by atoms with Crippen LogP contribution in [-0.4, -0.2) is 11.8 Å². The van der Waals surface area contributed by atoms with Gasteiger partial charge in [-0.05, 0) is 40.8 Å². The zero-order chi connectivity index (χ0) is 12.8. The Hall–Kier alpha value is -0.620. The van der Waals surface area contributed by atoms with Crippen LogP contribution in [0.3, 0.4) is 0 Å². The van der Waals surface area contributed by atoms with E-state index in [1.54, 1.807) is 32.0 Å². The summed E-state index contributed by atoms with van der Waals surface area (Å²) < 4.78 is 0.800. The number of benzene rings is 1. The molecular formula is C12H11ClINO2. The van der Waals surface area contributed by atoms with Gasteiger partial charge in [0.1, 0.15) is 0 Å². The summed E-state index contributed by atoms with van der Waals surface area (Å²) in [4.78, 5) is 25.3. The maximum absolute atomic E-state index is 12.1. The normalized spacial score (nSPS) is 18.9. The Labute approximate surface area is 118 Å². The third kappa shape index (κ3) is 2.20. The van der Waals surface area contributed by atoms with Crippen LogP contribution in [0.4, 0.5) is 5.69 Å². The van der Waals surface area contributed by atoms with E-state index >= 15 is 0 Å². The molecule has 0 aromatic heterocycles. The van der Waals surface area contributed by atoms with Gasteiger partial charge in [0.15, 0.2) is 0 Å². The highest BCUT2D eigenvalue weighted by molar-refractivity contribution is 14.1. The van der Waals surface area contributed by atoms with E-state index in [2.05, 4.69) is 22.6 Å². The predicted octanol–water partition coefficient (Wildman–Crippen LogP) is 3.23. The summed E-state index contributed by atoms with van der Waals surface area (Å²) in [5.41, 5.74) is 0.00959. The molecule has 1 fully saturated rings. The quantitative estimate of drug-likeness (QED) is 0.567. The molecule has 1 aromatic rings. The van der Waals surface area contributed by atoms with Gasteiger partial charge in [-0.2, -0.15) is 0 Å². The summed E-state index contributed by atoms with van der Waals surface area (Å²) in [5, 5.41) is 0.594. The van der Waals surface area contributed by atoms with Crippen LogP contribution >= 0.6 is 34.2 Å². The van der Waals surface area contributed by atoms with Crippen molar-refractivity contribution in [2.45, 2.75) is 20.3 Å². The lowest BCUT2D eigenvalue weighted by Crippen LogP contribution is -2.33. The SMILES string of the molecule is CC1(C)CC(=O)N(c2ccc(Cl)cc2I)C1=O. The van der Waals surface area contributed by atoms with Crippen molar-refractivity contribution in [1.82, 2.24) is 0 Å². The number of carbonyl (C=O) groups excluding carboxylic acids is 2. The molecule has 1 aliphatic rings. The second kappa shape index (κ2) is 4.24. The summed E-state index contributed by atoms with van der Waals surface area (Å²) in [7, 11) is 0. The molecule has 0 saturated carbocycles. The van der Waals surface area contributed by atoms with Gasteiger partial charge in [0, 0.05) is 15.0 Å². The fraction of sp³-hybridized carbons (Fsp3) is 0.333. The van der Waals surface area contributed by atoms with Crippen LogP contribution in [0.1, 0.15) is 20.3 Å². The number of amides is 2. The van der Waals surface area contributed by atoms with Crippen LogP contribution in [0, 0.1) is 8.99 Å². The van der Waals surface area contributed by atoms with E-state index in [1.165, 1.54) is 4.90 Å².